The first-order valence-electron chi connectivity index (χ1n) is 2.65. The molecule has 0 aromatic rings. The summed E-state index contributed by atoms with van der Waals surface area (Å²) < 4.78 is 0. The van der Waals surface area contributed by atoms with Crippen molar-refractivity contribution in [2.24, 2.45) is 0 Å². The van der Waals surface area contributed by atoms with Gasteiger partial charge in [0.05, 0.1) is 12.1 Å². The molecule has 0 saturated heterocycles. The normalized spacial score (nSPS) is 14.9. The number of aliphatic hydroxyl groups is 1. The molecule has 0 aromatic carbocycles. The van der Waals surface area contributed by atoms with Crippen molar-refractivity contribution in [1.29, 1.82) is 5.26 Å². The molecule has 0 bridgehead atoms. The molecule has 0 heterocycles. The Balaban J connectivity index is 3.75. The first kappa shape index (κ1) is 8.72. The number of hydrogen-bond acceptors (Lipinski definition) is 3. The largest absolute Gasteiger partial charge is 0.465 e. The standard InChI is InChI=1S/C5H8N2O3/c1-3(4(8)2-6)7-5(9)10/h3-4,7-8H,1H3,(H,9,10)/t3-,4?/m0/s1. The number of carbonyl (C=O) groups is 1. The Morgan fingerprint density at radius 1 is 1.80 bits per heavy atom. The topological polar surface area (TPSA) is 93.3 Å². The van der Waals surface area contributed by atoms with E-state index in [4.69, 9.17) is 15.5 Å². The molecule has 0 aliphatic heterocycles. The average Bonchev–Trinajstić information content (AvgIpc) is 1.85. The maximum Gasteiger partial charge on any atom is 0.404 e. The van der Waals surface area contributed by atoms with Crippen LogP contribution >= 0.6 is 0 Å². The van der Waals surface area contributed by atoms with Gasteiger partial charge in [0.2, 0.25) is 0 Å². The van der Waals surface area contributed by atoms with E-state index in [2.05, 4.69) is 0 Å². The lowest BCUT2D eigenvalue weighted by Gasteiger charge is -2.10. The Morgan fingerprint density at radius 3 is 2.60 bits per heavy atom. The van der Waals surface area contributed by atoms with Crippen molar-refractivity contribution in [2.45, 2.75) is 19.1 Å². The number of rotatable bonds is 2. The van der Waals surface area contributed by atoms with Crippen LogP contribution in [0.15, 0.2) is 0 Å². The Kier molecular flexibility index (Phi) is 3.22. The van der Waals surface area contributed by atoms with Gasteiger partial charge < -0.3 is 15.5 Å². The molecule has 1 amide bonds. The second-order valence-electron chi connectivity index (χ2n) is 1.81. The molecule has 2 atom stereocenters. The molecule has 0 aromatic heterocycles. The van der Waals surface area contributed by atoms with Gasteiger partial charge in [0, 0.05) is 0 Å². The number of carboxylic acid groups (broad SMARTS) is 1. The average molecular weight is 144 g/mol. The number of aliphatic hydroxyl groups excluding tert-OH is 1. The van der Waals surface area contributed by atoms with Gasteiger partial charge in [-0.3, -0.25) is 0 Å². The fraction of sp³-hybridized carbons (Fsp3) is 0.600. The highest BCUT2D eigenvalue weighted by molar-refractivity contribution is 5.64. The summed E-state index contributed by atoms with van der Waals surface area (Å²) in [6.45, 7) is 1.40. The van der Waals surface area contributed by atoms with Crippen molar-refractivity contribution in [1.82, 2.24) is 5.32 Å². The van der Waals surface area contributed by atoms with Crippen LogP contribution in [0, 0.1) is 11.3 Å². The van der Waals surface area contributed by atoms with Crippen LogP contribution in [-0.2, 0) is 0 Å². The Hall–Kier alpha value is -1.28. The van der Waals surface area contributed by atoms with E-state index in [1.807, 2.05) is 5.32 Å². The zero-order chi connectivity index (χ0) is 8.15. The zero-order valence-corrected chi connectivity index (χ0v) is 5.40. The van der Waals surface area contributed by atoms with E-state index in [1.54, 1.807) is 0 Å². The lowest BCUT2D eigenvalue weighted by Crippen LogP contribution is -2.39. The second kappa shape index (κ2) is 3.69. The molecule has 0 spiro atoms. The molecule has 0 rings (SSSR count). The lowest BCUT2D eigenvalue weighted by molar-refractivity contribution is 0.160. The maximum absolute atomic E-state index is 9.90. The van der Waals surface area contributed by atoms with Gasteiger partial charge in [0.15, 0.2) is 6.10 Å². The highest BCUT2D eigenvalue weighted by Gasteiger charge is 2.13. The van der Waals surface area contributed by atoms with Gasteiger partial charge in [0.1, 0.15) is 0 Å². The third-order valence-corrected chi connectivity index (χ3v) is 0.957. The summed E-state index contributed by atoms with van der Waals surface area (Å²) in [5.74, 6) is 0. The fourth-order valence-electron chi connectivity index (χ4n) is 0.386. The first-order chi connectivity index (χ1) is 4.57. The second-order valence-corrected chi connectivity index (χ2v) is 1.81. The molecular formula is C5H8N2O3. The van der Waals surface area contributed by atoms with E-state index in [9.17, 15) is 4.79 Å². The van der Waals surface area contributed by atoms with Gasteiger partial charge in [-0.25, -0.2) is 4.79 Å². The molecule has 0 aliphatic carbocycles. The Morgan fingerprint density at radius 2 is 2.30 bits per heavy atom. The summed E-state index contributed by atoms with van der Waals surface area (Å²) in [5, 5.41) is 26.8. The Labute approximate surface area is 57.9 Å². The minimum absolute atomic E-state index is 0.748. The predicted octanol–water partition coefficient (Wildman–Crippen LogP) is -0.473. The summed E-state index contributed by atoms with van der Waals surface area (Å²) in [7, 11) is 0. The van der Waals surface area contributed by atoms with E-state index in [0.717, 1.165) is 0 Å². The van der Waals surface area contributed by atoms with Crippen LogP contribution in [0.4, 0.5) is 4.79 Å². The van der Waals surface area contributed by atoms with Crippen molar-refractivity contribution < 1.29 is 15.0 Å². The van der Waals surface area contributed by atoms with Crippen molar-refractivity contribution in [3.05, 3.63) is 0 Å². The number of nitrogens with one attached hydrogen (secondary N) is 1. The van der Waals surface area contributed by atoms with Crippen LogP contribution in [0.2, 0.25) is 0 Å². The summed E-state index contributed by atoms with van der Waals surface area (Å²) in [6, 6.07) is 0.752. The molecule has 3 N–H and O–H groups in total. The summed E-state index contributed by atoms with van der Waals surface area (Å²) in [5.41, 5.74) is 0. The summed E-state index contributed by atoms with van der Waals surface area (Å²) >= 11 is 0. The van der Waals surface area contributed by atoms with Crippen molar-refractivity contribution >= 4 is 6.09 Å². The monoisotopic (exact) mass is 144 g/mol. The quantitative estimate of drug-likeness (QED) is 0.456. The molecule has 0 radical (unpaired) electrons. The van der Waals surface area contributed by atoms with Crippen LogP contribution in [0.5, 0.6) is 0 Å². The lowest BCUT2D eigenvalue weighted by atomic mass is 10.2. The summed E-state index contributed by atoms with van der Waals surface area (Å²) in [4.78, 5) is 9.90. The van der Waals surface area contributed by atoms with Crippen molar-refractivity contribution in [2.75, 3.05) is 0 Å². The van der Waals surface area contributed by atoms with Gasteiger partial charge in [-0.1, -0.05) is 0 Å². The molecular weight excluding hydrogens is 136 g/mol. The SMILES string of the molecule is C[C@H](NC(=O)O)C(O)C#N. The third-order valence-electron chi connectivity index (χ3n) is 0.957. The summed E-state index contributed by atoms with van der Waals surface area (Å²) in [6.07, 6.45) is -2.53. The van der Waals surface area contributed by atoms with Gasteiger partial charge >= 0.3 is 6.09 Å². The van der Waals surface area contributed by atoms with E-state index >= 15 is 0 Å². The fourth-order valence-corrected chi connectivity index (χ4v) is 0.386. The van der Waals surface area contributed by atoms with Crippen LogP contribution in [0.25, 0.3) is 0 Å². The number of nitrogens with zero attached hydrogens (tertiary/aromatic N) is 1. The minimum Gasteiger partial charge on any atom is -0.465 e. The molecule has 0 saturated carbocycles. The smallest absolute Gasteiger partial charge is 0.404 e. The van der Waals surface area contributed by atoms with Crippen molar-refractivity contribution in [3.63, 3.8) is 0 Å². The van der Waals surface area contributed by atoms with Gasteiger partial charge in [-0.2, -0.15) is 5.26 Å². The number of nitriles is 1. The van der Waals surface area contributed by atoms with E-state index in [0.29, 0.717) is 0 Å². The highest BCUT2D eigenvalue weighted by atomic mass is 16.4. The predicted molar refractivity (Wildman–Crippen MR) is 32.2 cm³/mol. The Bertz CT molecular complexity index is 163. The minimum atomic E-state index is -1.28. The van der Waals surface area contributed by atoms with Gasteiger partial charge in [-0.05, 0) is 6.92 Å². The molecule has 5 nitrogen and oxygen atoms in total. The molecule has 56 valence electrons. The number of amides is 1. The van der Waals surface area contributed by atoms with Gasteiger partial charge in [0.25, 0.3) is 0 Å². The van der Waals surface area contributed by atoms with Gasteiger partial charge in [-0.15, -0.1) is 0 Å². The molecule has 0 fully saturated rings. The third kappa shape index (κ3) is 2.89. The molecule has 1 unspecified atom stereocenters. The highest BCUT2D eigenvalue weighted by Crippen LogP contribution is 1.88. The maximum atomic E-state index is 9.90. The zero-order valence-electron chi connectivity index (χ0n) is 5.40. The van der Waals surface area contributed by atoms with E-state index in [-0.39, 0.29) is 0 Å². The van der Waals surface area contributed by atoms with Crippen LogP contribution in [0.1, 0.15) is 6.92 Å². The van der Waals surface area contributed by atoms with Crippen LogP contribution < -0.4 is 5.32 Å². The van der Waals surface area contributed by atoms with E-state index in [1.165, 1.54) is 13.0 Å². The van der Waals surface area contributed by atoms with E-state index < -0.39 is 18.2 Å². The van der Waals surface area contributed by atoms with Crippen LogP contribution in [-0.4, -0.2) is 28.5 Å². The molecule has 10 heavy (non-hydrogen) atoms. The molecule has 5 heteroatoms. The van der Waals surface area contributed by atoms with Crippen molar-refractivity contribution in [3.8, 4) is 6.07 Å². The first-order valence-corrected chi connectivity index (χ1v) is 2.65. The number of hydrogen-bond donors (Lipinski definition) is 3. The van der Waals surface area contributed by atoms with Crippen LogP contribution in [0.3, 0.4) is 0 Å². The molecule has 0 aliphatic rings.